The summed E-state index contributed by atoms with van der Waals surface area (Å²) in [5.41, 5.74) is 8.54. The normalized spacial score (nSPS) is 10.1. The monoisotopic (exact) mass is 712 g/mol. The van der Waals surface area contributed by atoms with Crippen molar-refractivity contribution in [3.63, 3.8) is 0 Å². The van der Waals surface area contributed by atoms with E-state index in [1.54, 1.807) is 0 Å². The van der Waals surface area contributed by atoms with Crippen molar-refractivity contribution in [3.05, 3.63) is 132 Å². The SMILES string of the molecule is CCCCc1cc2ccccc2[c-]1-c1ccccc1.CCCCc1cc2ccccc2[c-]1-c1ccccc1.C[Si]C.[Cl][Zr+2][Cl]. The average Bonchev–Trinajstić information content (AvgIpc) is 3.63. The fourth-order valence-corrected chi connectivity index (χ4v) is 5.59. The molecule has 0 spiro atoms. The van der Waals surface area contributed by atoms with Crippen molar-refractivity contribution in [1.29, 1.82) is 0 Å². The van der Waals surface area contributed by atoms with E-state index in [0.717, 1.165) is 9.52 Å². The standard InChI is InChI=1S/2C19H19.C2H6Si.2ClH.Zr/c2*1-2-3-9-17-14-16-12-7-8-13-18(16)19(17)15-10-5-4-6-11-15;1-3-2;;;/h2*4-8,10-14H,2-3,9H2,1H3;1-2H3;2*1H;/q2*-1;;;;+4/p-2. The second-order valence-corrected chi connectivity index (χ2v) is 15.5. The Labute approximate surface area is 287 Å². The van der Waals surface area contributed by atoms with Gasteiger partial charge in [0, 0.05) is 9.52 Å². The first-order chi connectivity index (χ1) is 21.6. The van der Waals surface area contributed by atoms with Crippen molar-refractivity contribution in [2.24, 2.45) is 0 Å². The molecule has 0 atom stereocenters. The third-order valence-electron chi connectivity index (χ3n) is 7.49. The van der Waals surface area contributed by atoms with Crippen LogP contribution in [0, 0.1) is 0 Å². The van der Waals surface area contributed by atoms with E-state index in [0.29, 0.717) is 0 Å². The molecule has 6 aromatic rings. The average molecular weight is 715 g/mol. The van der Waals surface area contributed by atoms with Crippen molar-refractivity contribution >= 4 is 48.1 Å². The van der Waals surface area contributed by atoms with Crippen LogP contribution in [0.15, 0.2) is 121 Å². The molecule has 0 aliphatic carbocycles. The summed E-state index contributed by atoms with van der Waals surface area (Å²) >= 11 is -0.826. The molecule has 0 bridgehead atoms. The Morgan fingerprint density at radius 1 is 0.545 bits per heavy atom. The Kier molecular flexibility index (Phi) is 17.1. The van der Waals surface area contributed by atoms with Gasteiger partial charge in [0.25, 0.3) is 0 Å². The number of hydrogen-bond donors (Lipinski definition) is 0. The van der Waals surface area contributed by atoms with Crippen molar-refractivity contribution in [1.82, 2.24) is 0 Å². The Morgan fingerprint density at radius 2 is 0.864 bits per heavy atom. The number of fused-ring (bicyclic) bond motifs is 2. The van der Waals surface area contributed by atoms with E-state index in [4.69, 9.17) is 17.0 Å². The molecule has 0 amide bonds. The molecule has 0 heterocycles. The number of aryl methyl sites for hydroxylation is 2. The molecule has 0 unspecified atom stereocenters. The molecule has 6 rings (SSSR count). The molecule has 6 aromatic carbocycles. The summed E-state index contributed by atoms with van der Waals surface area (Å²) in [4.78, 5) is 0. The molecule has 4 heteroatoms. The second kappa shape index (κ2) is 20.7. The van der Waals surface area contributed by atoms with Crippen LogP contribution in [0.5, 0.6) is 0 Å². The van der Waals surface area contributed by atoms with Crippen LogP contribution in [0.2, 0.25) is 13.1 Å². The van der Waals surface area contributed by atoms with Gasteiger partial charge in [-0.3, -0.25) is 0 Å². The zero-order valence-corrected chi connectivity index (χ0v) is 31.5. The molecule has 0 aromatic heterocycles. The van der Waals surface area contributed by atoms with Gasteiger partial charge in [0.1, 0.15) is 0 Å². The fraction of sp³-hybridized carbons (Fsp3) is 0.250. The van der Waals surface area contributed by atoms with Gasteiger partial charge in [-0.15, -0.1) is 70.8 Å². The summed E-state index contributed by atoms with van der Waals surface area (Å²) in [5.74, 6) is 0. The van der Waals surface area contributed by atoms with E-state index in [1.165, 1.54) is 93.5 Å². The van der Waals surface area contributed by atoms with Gasteiger partial charge in [-0.25, -0.2) is 0 Å². The summed E-state index contributed by atoms with van der Waals surface area (Å²) in [6.45, 7) is 8.82. The zero-order valence-electron chi connectivity index (χ0n) is 26.5. The second-order valence-electron chi connectivity index (χ2n) is 10.8. The van der Waals surface area contributed by atoms with E-state index in [-0.39, 0.29) is 0 Å². The molecule has 0 aliphatic rings. The molecule has 44 heavy (non-hydrogen) atoms. The first kappa shape index (κ1) is 36.3. The molecule has 2 radical (unpaired) electrons. The number of unbranched alkanes of at least 4 members (excludes halogenated alkanes) is 2. The van der Waals surface area contributed by atoms with Gasteiger partial charge in [-0.05, 0) is 12.8 Å². The first-order valence-electron chi connectivity index (χ1n) is 15.6. The van der Waals surface area contributed by atoms with Gasteiger partial charge in [0.05, 0.1) is 0 Å². The van der Waals surface area contributed by atoms with Crippen molar-refractivity contribution < 1.29 is 20.8 Å². The van der Waals surface area contributed by atoms with Crippen LogP contribution in [-0.4, -0.2) is 9.52 Å². The summed E-state index contributed by atoms with van der Waals surface area (Å²) in [7, 11) is 11.0. The minimum absolute atomic E-state index is 0.826. The maximum absolute atomic E-state index is 4.93. The van der Waals surface area contributed by atoms with Crippen molar-refractivity contribution in [2.75, 3.05) is 0 Å². The van der Waals surface area contributed by atoms with Gasteiger partial charge in [0.2, 0.25) is 0 Å². The van der Waals surface area contributed by atoms with Gasteiger partial charge < -0.3 is 0 Å². The maximum atomic E-state index is 4.93. The fourth-order valence-electron chi connectivity index (χ4n) is 5.59. The predicted molar refractivity (Wildman–Crippen MR) is 196 cm³/mol. The molecule has 0 fully saturated rings. The van der Waals surface area contributed by atoms with E-state index < -0.39 is 20.8 Å². The van der Waals surface area contributed by atoms with Gasteiger partial charge in [-0.2, -0.15) is 0 Å². The molecular weight excluding hydrogens is 671 g/mol. The number of halogens is 2. The third kappa shape index (κ3) is 10.4. The number of rotatable bonds is 8. The molecule has 0 aliphatic heterocycles. The van der Waals surface area contributed by atoms with Crippen LogP contribution in [0.4, 0.5) is 0 Å². The van der Waals surface area contributed by atoms with E-state index in [2.05, 4.69) is 148 Å². The van der Waals surface area contributed by atoms with Crippen LogP contribution < -0.4 is 0 Å². The predicted octanol–water partition coefficient (Wildman–Crippen LogP) is 13.3. The quantitative estimate of drug-likeness (QED) is 0.109. The van der Waals surface area contributed by atoms with Gasteiger partial charge in [0.15, 0.2) is 0 Å². The minimum atomic E-state index is -0.826. The molecular formula is C40H44Cl2SiZr. The van der Waals surface area contributed by atoms with Crippen LogP contribution in [0.1, 0.15) is 50.7 Å². The Bertz CT molecular complexity index is 1500. The third-order valence-corrected chi connectivity index (χ3v) is 7.49. The summed E-state index contributed by atoms with van der Waals surface area (Å²) < 4.78 is 0. The molecule has 0 saturated carbocycles. The summed E-state index contributed by atoms with van der Waals surface area (Å²) in [5, 5.41) is 5.51. The molecule has 0 saturated heterocycles. The van der Waals surface area contributed by atoms with Gasteiger partial charge in [-0.1, -0.05) is 158 Å². The molecule has 0 nitrogen and oxygen atoms in total. The van der Waals surface area contributed by atoms with Gasteiger partial charge >= 0.3 is 37.9 Å². The summed E-state index contributed by atoms with van der Waals surface area (Å²) in [6, 6.07) is 43.7. The Morgan fingerprint density at radius 3 is 1.20 bits per heavy atom. The van der Waals surface area contributed by atoms with Crippen LogP contribution in [0.25, 0.3) is 43.8 Å². The molecule has 226 valence electrons. The van der Waals surface area contributed by atoms with Crippen LogP contribution in [-0.2, 0) is 33.7 Å². The van der Waals surface area contributed by atoms with E-state index in [1.807, 2.05) is 0 Å². The van der Waals surface area contributed by atoms with Crippen molar-refractivity contribution in [3.8, 4) is 22.3 Å². The summed E-state index contributed by atoms with van der Waals surface area (Å²) in [6.07, 6.45) is 7.36. The number of benzene rings is 4. The Balaban J connectivity index is 0.000000204. The van der Waals surface area contributed by atoms with Crippen molar-refractivity contribution in [2.45, 2.75) is 65.5 Å². The van der Waals surface area contributed by atoms with Crippen LogP contribution >= 0.6 is 17.0 Å². The Hall–Kier alpha value is -2.22. The zero-order chi connectivity index (χ0) is 31.6. The number of hydrogen-bond acceptors (Lipinski definition) is 0. The van der Waals surface area contributed by atoms with E-state index in [9.17, 15) is 0 Å². The van der Waals surface area contributed by atoms with Crippen LogP contribution in [0.3, 0.4) is 0 Å². The van der Waals surface area contributed by atoms with E-state index >= 15 is 0 Å². The topological polar surface area (TPSA) is 0 Å². The molecule has 0 N–H and O–H groups in total. The first-order valence-corrected chi connectivity index (χ1v) is 24.0.